The van der Waals surface area contributed by atoms with E-state index in [4.69, 9.17) is 0 Å². The molecule has 1 fully saturated rings. The van der Waals surface area contributed by atoms with Gasteiger partial charge >= 0.3 is 0 Å². The Morgan fingerprint density at radius 2 is 2.00 bits per heavy atom. The van der Waals surface area contributed by atoms with E-state index in [1.807, 2.05) is 33.7 Å². The number of carbonyl (C=O) groups excluding carboxylic acids is 2. The third kappa shape index (κ3) is 6.32. The summed E-state index contributed by atoms with van der Waals surface area (Å²) in [5.74, 6) is 1.18. The second-order valence-corrected chi connectivity index (χ2v) is 8.17. The van der Waals surface area contributed by atoms with E-state index in [0.29, 0.717) is 12.1 Å². The number of rotatable bonds is 7. The molecule has 2 rings (SSSR count). The van der Waals surface area contributed by atoms with Gasteiger partial charge in [-0.15, -0.1) is 0 Å². The highest BCUT2D eigenvalue weighted by molar-refractivity contribution is 8.77. The van der Waals surface area contributed by atoms with E-state index >= 15 is 0 Å². The van der Waals surface area contributed by atoms with Crippen molar-refractivity contribution in [3.05, 3.63) is 24.3 Å². The normalized spacial score (nSPS) is 17.2. The zero-order valence-electron chi connectivity index (χ0n) is 12.8. The molecule has 0 unspecified atom stereocenters. The van der Waals surface area contributed by atoms with Crippen molar-refractivity contribution in [2.45, 2.75) is 44.3 Å². The van der Waals surface area contributed by atoms with Crippen molar-refractivity contribution in [2.75, 3.05) is 16.4 Å². The lowest BCUT2D eigenvalue weighted by molar-refractivity contribution is -0.116. The van der Waals surface area contributed by atoms with Crippen LogP contribution in [0.4, 0.5) is 11.4 Å². The number of hydrogen-bond acceptors (Lipinski definition) is 4. The van der Waals surface area contributed by atoms with E-state index in [9.17, 15) is 9.59 Å². The second kappa shape index (κ2) is 9.10. The molecule has 0 aromatic heterocycles. The maximum absolute atomic E-state index is 11.9. The van der Waals surface area contributed by atoms with Crippen molar-refractivity contribution in [1.29, 1.82) is 0 Å². The Morgan fingerprint density at radius 1 is 1.23 bits per heavy atom. The van der Waals surface area contributed by atoms with Crippen LogP contribution in [-0.2, 0) is 9.59 Å². The van der Waals surface area contributed by atoms with Gasteiger partial charge in [0, 0.05) is 35.7 Å². The molecular weight excluding hydrogens is 316 g/mol. The Kier molecular flexibility index (Phi) is 7.12. The molecule has 0 spiro atoms. The molecule has 1 aromatic rings. The summed E-state index contributed by atoms with van der Waals surface area (Å²) in [7, 11) is 3.95. The molecule has 6 heteroatoms. The second-order valence-electron chi connectivity index (χ2n) is 5.38. The summed E-state index contributed by atoms with van der Waals surface area (Å²) < 4.78 is 0. The Hall–Kier alpha value is -1.14. The van der Waals surface area contributed by atoms with Gasteiger partial charge in [-0.1, -0.05) is 34.1 Å². The molecule has 22 heavy (non-hydrogen) atoms. The third-order valence-corrected chi connectivity index (χ3v) is 6.38. The highest BCUT2D eigenvalue weighted by Gasteiger charge is 2.15. The Labute approximate surface area is 139 Å². The highest BCUT2D eigenvalue weighted by Crippen LogP contribution is 2.39. The van der Waals surface area contributed by atoms with Crippen LogP contribution in [0, 0.1) is 0 Å². The summed E-state index contributed by atoms with van der Waals surface area (Å²) >= 11 is 0. The van der Waals surface area contributed by atoms with E-state index in [2.05, 4.69) is 10.6 Å². The van der Waals surface area contributed by atoms with Gasteiger partial charge in [-0.25, -0.2) is 0 Å². The van der Waals surface area contributed by atoms with Gasteiger partial charge in [-0.3, -0.25) is 9.59 Å². The van der Waals surface area contributed by atoms with E-state index in [1.54, 1.807) is 12.1 Å². The van der Waals surface area contributed by atoms with Gasteiger partial charge in [0.15, 0.2) is 0 Å². The lowest BCUT2D eigenvalue weighted by atomic mass is 10.1. The number of carbonyl (C=O) groups is 2. The predicted molar refractivity (Wildman–Crippen MR) is 96.3 cm³/mol. The first kappa shape index (κ1) is 17.2. The van der Waals surface area contributed by atoms with Gasteiger partial charge in [0.25, 0.3) is 0 Å². The van der Waals surface area contributed by atoms with Gasteiger partial charge in [0.2, 0.25) is 11.8 Å². The average Bonchev–Trinajstić information content (AvgIpc) is 2.96. The number of anilines is 2. The topological polar surface area (TPSA) is 58.2 Å². The van der Waals surface area contributed by atoms with Crippen LogP contribution in [0.15, 0.2) is 24.3 Å². The summed E-state index contributed by atoms with van der Waals surface area (Å²) in [6.45, 7) is 1.46. The van der Waals surface area contributed by atoms with Gasteiger partial charge in [0.05, 0.1) is 0 Å². The fourth-order valence-corrected chi connectivity index (χ4v) is 5.35. The molecule has 1 aliphatic rings. The fourth-order valence-electron chi connectivity index (χ4n) is 2.32. The van der Waals surface area contributed by atoms with Gasteiger partial charge in [-0.05, 0) is 37.5 Å². The number of unbranched alkanes of at least 4 members (excludes halogenated alkanes) is 1. The average molecular weight is 338 g/mol. The molecule has 2 amide bonds. The van der Waals surface area contributed by atoms with Crippen molar-refractivity contribution in [1.82, 2.24) is 0 Å². The molecule has 1 saturated heterocycles. The lowest BCUT2D eigenvalue weighted by Gasteiger charge is -2.09. The molecule has 0 aliphatic carbocycles. The Bertz CT molecular complexity index is 517. The van der Waals surface area contributed by atoms with Crippen LogP contribution in [0.1, 0.15) is 39.0 Å². The summed E-state index contributed by atoms with van der Waals surface area (Å²) in [6.07, 6.45) is 5.10. The molecule has 1 aliphatic heterocycles. The summed E-state index contributed by atoms with van der Waals surface area (Å²) in [5.41, 5.74) is 1.42. The largest absolute Gasteiger partial charge is 0.326 e. The Balaban J connectivity index is 1.68. The molecule has 4 nitrogen and oxygen atoms in total. The maximum Gasteiger partial charge on any atom is 0.224 e. The van der Waals surface area contributed by atoms with E-state index in [-0.39, 0.29) is 11.8 Å². The number of benzene rings is 1. The van der Waals surface area contributed by atoms with Crippen LogP contribution in [0.25, 0.3) is 0 Å². The van der Waals surface area contributed by atoms with Crippen molar-refractivity contribution in [3.63, 3.8) is 0 Å². The summed E-state index contributed by atoms with van der Waals surface area (Å²) in [4.78, 5) is 23.0. The molecular formula is C16H22N2O2S2. The number of amides is 2. The van der Waals surface area contributed by atoms with Crippen LogP contribution in [0.3, 0.4) is 0 Å². The zero-order chi connectivity index (χ0) is 15.8. The van der Waals surface area contributed by atoms with Crippen LogP contribution in [-0.4, -0.2) is 22.8 Å². The predicted octanol–water partition coefficient (Wildman–Crippen LogP) is 4.30. The quantitative estimate of drug-likeness (QED) is 0.575. The van der Waals surface area contributed by atoms with Crippen LogP contribution in [0.2, 0.25) is 0 Å². The number of hydrogen-bond donors (Lipinski definition) is 2. The first-order valence-corrected chi connectivity index (χ1v) is 9.97. The molecule has 0 bridgehead atoms. The summed E-state index contributed by atoms with van der Waals surface area (Å²) in [5, 5.41) is 6.37. The van der Waals surface area contributed by atoms with E-state index in [0.717, 1.165) is 23.8 Å². The molecule has 2 N–H and O–H groups in total. The molecule has 0 radical (unpaired) electrons. The minimum absolute atomic E-state index is 0.0356. The molecule has 0 saturated carbocycles. The third-order valence-electron chi connectivity index (χ3n) is 3.37. The SMILES string of the molecule is CC(=O)Nc1cccc(NC(=O)CCCC[C@H]2CCSS2)c1. The first-order chi connectivity index (χ1) is 10.6. The van der Waals surface area contributed by atoms with Crippen molar-refractivity contribution in [3.8, 4) is 0 Å². The minimum atomic E-state index is -0.119. The zero-order valence-corrected chi connectivity index (χ0v) is 14.4. The van der Waals surface area contributed by atoms with Crippen LogP contribution >= 0.6 is 21.6 Å². The minimum Gasteiger partial charge on any atom is -0.326 e. The van der Waals surface area contributed by atoms with E-state index in [1.165, 1.54) is 25.5 Å². The fraction of sp³-hybridized carbons (Fsp3) is 0.500. The van der Waals surface area contributed by atoms with Crippen molar-refractivity contribution >= 4 is 44.8 Å². The van der Waals surface area contributed by atoms with Gasteiger partial charge in [-0.2, -0.15) is 0 Å². The standard InChI is InChI=1S/C16H22N2O2S2/c1-12(19)17-13-5-4-6-14(11-13)18-16(20)8-3-2-7-15-9-10-21-22-15/h4-6,11,15H,2-3,7-10H2,1H3,(H,17,19)(H,18,20)/t15-/m0/s1. The molecule has 1 aromatic carbocycles. The lowest BCUT2D eigenvalue weighted by Crippen LogP contribution is -2.12. The van der Waals surface area contributed by atoms with Gasteiger partial charge < -0.3 is 10.6 Å². The van der Waals surface area contributed by atoms with Crippen LogP contribution in [0.5, 0.6) is 0 Å². The molecule has 1 heterocycles. The smallest absolute Gasteiger partial charge is 0.224 e. The maximum atomic E-state index is 11.9. The summed E-state index contributed by atoms with van der Waals surface area (Å²) in [6, 6.07) is 7.21. The Morgan fingerprint density at radius 3 is 2.68 bits per heavy atom. The van der Waals surface area contributed by atoms with Gasteiger partial charge in [0.1, 0.15) is 0 Å². The number of nitrogens with one attached hydrogen (secondary N) is 2. The van der Waals surface area contributed by atoms with Crippen LogP contribution < -0.4 is 10.6 Å². The van der Waals surface area contributed by atoms with Crippen molar-refractivity contribution in [2.24, 2.45) is 0 Å². The molecule has 1 atom stereocenters. The van der Waals surface area contributed by atoms with Crippen molar-refractivity contribution < 1.29 is 9.59 Å². The first-order valence-electron chi connectivity index (χ1n) is 7.59. The highest BCUT2D eigenvalue weighted by atomic mass is 33.1. The molecule has 120 valence electrons. The van der Waals surface area contributed by atoms with E-state index < -0.39 is 0 Å². The monoisotopic (exact) mass is 338 g/mol.